The average Bonchev–Trinajstić information content (AvgIpc) is 2.15. The van der Waals surface area contributed by atoms with Crippen LogP contribution >= 0.6 is 11.3 Å². The van der Waals surface area contributed by atoms with Crippen molar-refractivity contribution in [1.82, 2.24) is 0 Å². The normalized spacial score (nSPS) is 9.50. The molecule has 0 radical (unpaired) electrons. The molecule has 0 atom stereocenters. The highest BCUT2D eigenvalue weighted by Gasteiger charge is 1.96. The SMILES string of the molecule is Cc1cscc1C=C(F)F. The highest BCUT2D eigenvalue weighted by atomic mass is 32.1. The summed E-state index contributed by atoms with van der Waals surface area (Å²) < 4.78 is 23.3. The Hall–Kier alpha value is -0.700. The molecule has 0 aliphatic rings. The molecule has 0 saturated heterocycles. The van der Waals surface area contributed by atoms with Gasteiger partial charge in [0.25, 0.3) is 6.08 Å². The van der Waals surface area contributed by atoms with E-state index in [9.17, 15) is 8.78 Å². The zero-order valence-corrected chi connectivity index (χ0v) is 6.21. The van der Waals surface area contributed by atoms with Crippen LogP contribution in [0.2, 0.25) is 0 Å². The van der Waals surface area contributed by atoms with Gasteiger partial charge in [-0.1, -0.05) is 0 Å². The van der Waals surface area contributed by atoms with Gasteiger partial charge in [-0.15, -0.1) is 0 Å². The summed E-state index contributed by atoms with van der Waals surface area (Å²) in [5, 5.41) is 3.54. The van der Waals surface area contributed by atoms with E-state index in [1.807, 2.05) is 12.3 Å². The van der Waals surface area contributed by atoms with Gasteiger partial charge in [0.15, 0.2) is 0 Å². The molecule has 0 N–H and O–H groups in total. The van der Waals surface area contributed by atoms with E-state index in [1.165, 1.54) is 11.3 Å². The lowest BCUT2D eigenvalue weighted by Gasteiger charge is -1.85. The van der Waals surface area contributed by atoms with Crippen LogP contribution in [0.15, 0.2) is 16.8 Å². The first-order chi connectivity index (χ1) is 4.70. The second-order valence-electron chi connectivity index (χ2n) is 1.94. The minimum Gasteiger partial charge on any atom is -0.173 e. The van der Waals surface area contributed by atoms with Crippen molar-refractivity contribution in [2.75, 3.05) is 0 Å². The lowest BCUT2D eigenvalue weighted by molar-refractivity contribution is 0.429. The Balaban J connectivity index is 2.95. The van der Waals surface area contributed by atoms with Crippen molar-refractivity contribution in [3.63, 3.8) is 0 Å². The third kappa shape index (κ3) is 1.64. The summed E-state index contributed by atoms with van der Waals surface area (Å²) in [6.45, 7) is 1.81. The zero-order valence-electron chi connectivity index (χ0n) is 5.40. The van der Waals surface area contributed by atoms with E-state index in [2.05, 4.69) is 0 Å². The van der Waals surface area contributed by atoms with Gasteiger partial charge in [-0.25, -0.2) is 0 Å². The van der Waals surface area contributed by atoms with E-state index in [0.29, 0.717) is 5.56 Å². The molecule has 0 aliphatic heterocycles. The van der Waals surface area contributed by atoms with Crippen LogP contribution < -0.4 is 0 Å². The summed E-state index contributed by atoms with van der Waals surface area (Å²) >= 11 is 1.43. The van der Waals surface area contributed by atoms with Gasteiger partial charge >= 0.3 is 0 Å². The van der Waals surface area contributed by atoms with Crippen LogP contribution in [0, 0.1) is 6.92 Å². The van der Waals surface area contributed by atoms with Crippen molar-refractivity contribution in [2.24, 2.45) is 0 Å². The molecular weight excluding hydrogens is 154 g/mol. The Morgan fingerprint density at radius 1 is 1.50 bits per heavy atom. The van der Waals surface area contributed by atoms with Crippen molar-refractivity contribution in [3.05, 3.63) is 28.0 Å². The summed E-state index contributed by atoms with van der Waals surface area (Å²) in [6.07, 6.45) is -0.757. The number of thiophene rings is 1. The summed E-state index contributed by atoms with van der Waals surface area (Å²) in [6, 6.07) is 0. The molecule has 0 saturated carbocycles. The molecule has 0 bridgehead atoms. The predicted molar refractivity (Wildman–Crippen MR) is 39.2 cm³/mol. The van der Waals surface area contributed by atoms with Gasteiger partial charge in [-0.2, -0.15) is 20.1 Å². The van der Waals surface area contributed by atoms with Gasteiger partial charge in [0.1, 0.15) is 0 Å². The molecule has 0 aliphatic carbocycles. The summed E-state index contributed by atoms with van der Waals surface area (Å²) in [5.74, 6) is 0. The molecule has 0 unspecified atom stereocenters. The molecule has 1 heterocycles. The summed E-state index contributed by atoms with van der Waals surface area (Å²) in [5.41, 5.74) is 1.52. The van der Waals surface area contributed by atoms with Gasteiger partial charge in [0.05, 0.1) is 0 Å². The van der Waals surface area contributed by atoms with Crippen LogP contribution in [0.5, 0.6) is 0 Å². The minimum atomic E-state index is -1.64. The van der Waals surface area contributed by atoms with Crippen LogP contribution in [0.3, 0.4) is 0 Å². The van der Waals surface area contributed by atoms with Crippen molar-refractivity contribution in [1.29, 1.82) is 0 Å². The molecule has 54 valence electrons. The van der Waals surface area contributed by atoms with Crippen LogP contribution in [-0.2, 0) is 0 Å². The van der Waals surface area contributed by atoms with E-state index >= 15 is 0 Å². The topological polar surface area (TPSA) is 0 Å². The lowest BCUT2D eigenvalue weighted by Crippen LogP contribution is -1.69. The average molecular weight is 160 g/mol. The Bertz CT molecular complexity index is 246. The third-order valence-corrected chi connectivity index (χ3v) is 2.04. The molecule has 1 aromatic heterocycles. The third-order valence-electron chi connectivity index (χ3n) is 1.16. The number of halogens is 2. The maximum Gasteiger partial charge on any atom is 0.270 e. The maximum absolute atomic E-state index is 11.6. The molecule has 0 fully saturated rings. The second kappa shape index (κ2) is 2.92. The Morgan fingerprint density at radius 2 is 2.20 bits per heavy atom. The van der Waals surface area contributed by atoms with Crippen molar-refractivity contribution in [2.45, 2.75) is 6.92 Å². The highest BCUT2D eigenvalue weighted by Crippen LogP contribution is 2.17. The van der Waals surface area contributed by atoms with E-state index in [4.69, 9.17) is 0 Å². The number of hydrogen-bond donors (Lipinski definition) is 0. The molecule has 0 aromatic carbocycles. The largest absolute Gasteiger partial charge is 0.270 e. The molecule has 3 heteroatoms. The van der Waals surface area contributed by atoms with Crippen molar-refractivity contribution in [3.8, 4) is 0 Å². The number of rotatable bonds is 1. The fourth-order valence-electron chi connectivity index (χ4n) is 0.636. The van der Waals surface area contributed by atoms with Crippen LogP contribution in [0.1, 0.15) is 11.1 Å². The lowest BCUT2D eigenvalue weighted by atomic mass is 10.2. The molecule has 1 aromatic rings. The van der Waals surface area contributed by atoms with Gasteiger partial charge < -0.3 is 0 Å². The first kappa shape index (κ1) is 7.41. The van der Waals surface area contributed by atoms with Crippen LogP contribution in [-0.4, -0.2) is 0 Å². The number of hydrogen-bond acceptors (Lipinski definition) is 1. The molecule has 1 rings (SSSR count). The zero-order chi connectivity index (χ0) is 7.56. The molecule has 0 spiro atoms. The first-order valence-corrected chi connectivity index (χ1v) is 3.70. The van der Waals surface area contributed by atoms with E-state index < -0.39 is 6.08 Å². The monoisotopic (exact) mass is 160 g/mol. The standard InChI is InChI=1S/C7H6F2S/c1-5-3-10-4-6(5)2-7(8)9/h2-4H,1H3. The van der Waals surface area contributed by atoms with E-state index in [-0.39, 0.29) is 0 Å². The fraction of sp³-hybridized carbons (Fsp3) is 0.143. The van der Waals surface area contributed by atoms with Gasteiger partial charge in [-0.05, 0) is 28.8 Å². The molecule has 0 amide bonds. The van der Waals surface area contributed by atoms with Gasteiger partial charge in [0.2, 0.25) is 0 Å². The first-order valence-electron chi connectivity index (χ1n) is 2.75. The van der Waals surface area contributed by atoms with E-state index in [0.717, 1.165) is 11.6 Å². The van der Waals surface area contributed by atoms with Crippen LogP contribution in [0.25, 0.3) is 6.08 Å². The molecule has 0 nitrogen and oxygen atoms in total. The fourth-order valence-corrected chi connectivity index (χ4v) is 1.44. The summed E-state index contributed by atoms with van der Waals surface area (Å²) in [4.78, 5) is 0. The predicted octanol–water partition coefficient (Wildman–Crippen LogP) is 3.29. The van der Waals surface area contributed by atoms with E-state index in [1.54, 1.807) is 5.38 Å². The second-order valence-corrected chi connectivity index (χ2v) is 2.69. The van der Waals surface area contributed by atoms with Crippen molar-refractivity contribution < 1.29 is 8.78 Å². The Labute approximate surface area is 61.8 Å². The highest BCUT2D eigenvalue weighted by molar-refractivity contribution is 7.08. The summed E-state index contributed by atoms with van der Waals surface area (Å²) in [7, 11) is 0. The maximum atomic E-state index is 11.6. The smallest absolute Gasteiger partial charge is 0.173 e. The number of aryl methyl sites for hydroxylation is 1. The van der Waals surface area contributed by atoms with Crippen LogP contribution in [0.4, 0.5) is 8.78 Å². The Kier molecular flexibility index (Phi) is 2.17. The van der Waals surface area contributed by atoms with Crippen molar-refractivity contribution >= 4 is 17.4 Å². The Morgan fingerprint density at radius 3 is 2.60 bits per heavy atom. The molecular formula is C7H6F2S. The quantitative estimate of drug-likeness (QED) is 0.591. The minimum absolute atomic E-state index is 0.616. The molecule has 10 heavy (non-hydrogen) atoms. The van der Waals surface area contributed by atoms with Gasteiger partial charge in [0, 0.05) is 6.08 Å². The van der Waals surface area contributed by atoms with Gasteiger partial charge in [-0.3, -0.25) is 0 Å².